The molecule has 0 radical (unpaired) electrons. The predicted molar refractivity (Wildman–Crippen MR) is 75.9 cm³/mol. The molecular weight excluding hydrogens is 312 g/mol. The van der Waals surface area contributed by atoms with Crippen LogP contribution in [0.5, 0.6) is 5.75 Å². The van der Waals surface area contributed by atoms with E-state index in [1.54, 1.807) is 18.4 Å². The Morgan fingerprint density at radius 3 is 2.89 bits per heavy atom. The van der Waals surface area contributed by atoms with Crippen molar-refractivity contribution in [1.29, 1.82) is 5.26 Å². The molecule has 92 valence electrons. The summed E-state index contributed by atoms with van der Waals surface area (Å²) in [6, 6.07) is 8.01. The molecule has 18 heavy (non-hydrogen) atoms. The molecular formula is C13H11BrN2OS. The largest absolute Gasteiger partial charge is 0.496 e. The molecule has 0 atom stereocenters. The van der Waals surface area contributed by atoms with Crippen molar-refractivity contribution in [2.24, 2.45) is 0 Å². The maximum atomic E-state index is 8.74. The molecule has 0 spiro atoms. The number of benzene rings is 1. The molecule has 0 bridgehead atoms. The number of ether oxygens (including phenoxy) is 1. The molecule has 1 aromatic heterocycles. The quantitative estimate of drug-likeness (QED) is 0.859. The van der Waals surface area contributed by atoms with Crippen LogP contribution in [-0.4, -0.2) is 12.1 Å². The van der Waals surface area contributed by atoms with Crippen molar-refractivity contribution in [1.82, 2.24) is 4.98 Å². The Balaban J connectivity index is 2.40. The summed E-state index contributed by atoms with van der Waals surface area (Å²) in [5, 5.41) is 9.67. The molecule has 0 saturated carbocycles. The summed E-state index contributed by atoms with van der Waals surface area (Å²) in [7, 11) is 1.64. The fraction of sp³-hybridized carbons (Fsp3) is 0.231. The molecule has 0 N–H and O–H groups in total. The number of methoxy groups -OCH3 is 1. The van der Waals surface area contributed by atoms with Gasteiger partial charge in [-0.25, -0.2) is 4.98 Å². The summed E-state index contributed by atoms with van der Waals surface area (Å²) in [6.45, 7) is 1.94. The van der Waals surface area contributed by atoms with Crippen molar-refractivity contribution in [3.8, 4) is 22.4 Å². The third kappa shape index (κ3) is 2.55. The first-order valence-electron chi connectivity index (χ1n) is 5.33. The highest BCUT2D eigenvalue weighted by atomic mass is 79.9. The summed E-state index contributed by atoms with van der Waals surface area (Å²) in [4.78, 5) is 5.53. The average molecular weight is 323 g/mol. The Morgan fingerprint density at radius 1 is 1.50 bits per heavy atom. The summed E-state index contributed by atoms with van der Waals surface area (Å²) in [6.07, 6.45) is 0.417. The SMILES string of the molecule is COc1ccc(-c2nc(C)c(CC#N)s2)cc1Br. The summed E-state index contributed by atoms with van der Waals surface area (Å²) < 4.78 is 6.10. The molecule has 0 aliphatic heterocycles. The second-order valence-corrected chi connectivity index (χ2v) is 5.65. The highest BCUT2D eigenvalue weighted by Crippen LogP contribution is 2.33. The zero-order chi connectivity index (χ0) is 13.1. The lowest BCUT2D eigenvalue weighted by Gasteiger charge is -2.04. The van der Waals surface area contributed by atoms with Crippen LogP contribution in [0.3, 0.4) is 0 Å². The number of halogens is 1. The molecule has 0 amide bonds. The number of nitriles is 1. The van der Waals surface area contributed by atoms with Crippen LogP contribution in [0.15, 0.2) is 22.7 Å². The van der Waals surface area contributed by atoms with Crippen LogP contribution in [0.25, 0.3) is 10.6 Å². The highest BCUT2D eigenvalue weighted by Gasteiger charge is 2.10. The zero-order valence-electron chi connectivity index (χ0n) is 10.0. The second kappa shape index (κ2) is 5.51. The van der Waals surface area contributed by atoms with Gasteiger partial charge in [0.2, 0.25) is 0 Å². The Hall–Kier alpha value is -1.38. The van der Waals surface area contributed by atoms with Gasteiger partial charge in [0.05, 0.1) is 29.8 Å². The van der Waals surface area contributed by atoms with E-state index in [-0.39, 0.29) is 0 Å². The van der Waals surface area contributed by atoms with Crippen LogP contribution >= 0.6 is 27.3 Å². The molecule has 0 unspecified atom stereocenters. The minimum atomic E-state index is 0.417. The third-order valence-electron chi connectivity index (χ3n) is 2.53. The molecule has 1 heterocycles. The van der Waals surface area contributed by atoms with Crippen molar-refractivity contribution < 1.29 is 4.74 Å². The molecule has 1 aromatic carbocycles. The molecule has 3 nitrogen and oxygen atoms in total. The summed E-state index contributed by atoms with van der Waals surface area (Å²) in [5.41, 5.74) is 1.96. The van der Waals surface area contributed by atoms with Gasteiger partial charge >= 0.3 is 0 Å². The van der Waals surface area contributed by atoms with Gasteiger partial charge in [0.1, 0.15) is 10.8 Å². The Bertz CT molecular complexity index is 616. The van der Waals surface area contributed by atoms with Crippen molar-refractivity contribution in [3.05, 3.63) is 33.2 Å². The molecule has 2 rings (SSSR count). The lowest BCUT2D eigenvalue weighted by molar-refractivity contribution is 0.412. The topological polar surface area (TPSA) is 45.9 Å². The van der Waals surface area contributed by atoms with Crippen LogP contribution in [0, 0.1) is 18.3 Å². The number of aromatic nitrogens is 1. The van der Waals surface area contributed by atoms with E-state index in [4.69, 9.17) is 10.00 Å². The number of nitrogens with zero attached hydrogens (tertiary/aromatic N) is 2. The van der Waals surface area contributed by atoms with Gasteiger partial charge in [-0.05, 0) is 41.1 Å². The third-order valence-corrected chi connectivity index (χ3v) is 4.36. The van der Waals surface area contributed by atoms with Crippen LogP contribution in [0.4, 0.5) is 0 Å². The molecule has 0 saturated heterocycles. The number of hydrogen-bond acceptors (Lipinski definition) is 4. The Kier molecular flexibility index (Phi) is 4.00. The van der Waals surface area contributed by atoms with Gasteiger partial charge in [0.25, 0.3) is 0 Å². The lowest BCUT2D eigenvalue weighted by Crippen LogP contribution is -1.85. The van der Waals surface area contributed by atoms with E-state index in [1.807, 2.05) is 25.1 Å². The van der Waals surface area contributed by atoms with Gasteiger partial charge < -0.3 is 4.74 Å². The first-order valence-corrected chi connectivity index (χ1v) is 6.94. The van der Waals surface area contributed by atoms with Crippen LogP contribution < -0.4 is 4.74 Å². The first-order chi connectivity index (χ1) is 8.65. The second-order valence-electron chi connectivity index (χ2n) is 3.71. The van der Waals surface area contributed by atoms with E-state index in [2.05, 4.69) is 27.0 Å². The minimum absolute atomic E-state index is 0.417. The van der Waals surface area contributed by atoms with E-state index in [0.717, 1.165) is 31.4 Å². The monoisotopic (exact) mass is 322 g/mol. The predicted octanol–water partition coefficient (Wildman–Crippen LogP) is 3.96. The molecule has 0 aliphatic carbocycles. The molecule has 0 aliphatic rings. The maximum Gasteiger partial charge on any atom is 0.133 e. The van der Waals surface area contributed by atoms with Crippen molar-refractivity contribution in [2.45, 2.75) is 13.3 Å². The molecule has 0 fully saturated rings. The fourth-order valence-corrected chi connectivity index (χ4v) is 3.12. The zero-order valence-corrected chi connectivity index (χ0v) is 12.4. The standard InChI is InChI=1S/C13H11BrN2OS/c1-8-12(5-6-15)18-13(16-8)9-3-4-11(17-2)10(14)7-9/h3-4,7H,5H2,1-2H3. The van der Waals surface area contributed by atoms with Crippen molar-refractivity contribution in [2.75, 3.05) is 7.11 Å². The summed E-state index contributed by atoms with van der Waals surface area (Å²) in [5.74, 6) is 0.796. The van der Waals surface area contributed by atoms with Gasteiger partial charge in [-0.2, -0.15) is 5.26 Å². The van der Waals surface area contributed by atoms with E-state index in [0.29, 0.717) is 6.42 Å². The van der Waals surface area contributed by atoms with Crippen molar-refractivity contribution >= 4 is 27.3 Å². The average Bonchev–Trinajstić information content (AvgIpc) is 2.71. The van der Waals surface area contributed by atoms with Crippen LogP contribution in [0.1, 0.15) is 10.6 Å². The van der Waals surface area contributed by atoms with E-state index in [9.17, 15) is 0 Å². The Morgan fingerprint density at radius 2 is 2.28 bits per heavy atom. The van der Waals surface area contributed by atoms with E-state index < -0.39 is 0 Å². The number of aryl methyl sites for hydroxylation is 1. The maximum absolute atomic E-state index is 8.74. The smallest absolute Gasteiger partial charge is 0.133 e. The van der Waals surface area contributed by atoms with Gasteiger partial charge in [0, 0.05) is 10.4 Å². The normalized spacial score (nSPS) is 10.1. The van der Waals surface area contributed by atoms with Gasteiger partial charge in [-0.1, -0.05) is 0 Å². The molecule has 2 aromatic rings. The van der Waals surface area contributed by atoms with E-state index >= 15 is 0 Å². The fourth-order valence-electron chi connectivity index (χ4n) is 1.59. The number of hydrogen-bond donors (Lipinski definition) is 0. The van der Waals surface area contributed by atoms with Crippen LogP contribution in [0.2, 0.25) is 0 Å². The van der Waals surface area contributed by atoms with Crippen LogP contribution in [-0.2, 0) is 6.42 Å². The van der Waals surface area contributed by atoms with Crippen molar-refractivity contribution in [3.63, 3.8) is 0 Å². The number of thiazole rings is 1. The first kappa shape index (κ1) is 13.1. The van der Waals surface area contributed by atoms with E-state index in [1.165, 1.54) is 0 Å². The van der Waals surface area contributed by atoms with Gasteiger partial charge in [-0.15, -0.1) is 11.3 Å². The summed E-state index contributed by atoms with van der Waals surface area (Å²) >= 11 is 5.02. The Labute approximate surface area is 118 Å². The minimum Gasteiger partial charge on any atom is -0.496 e. The lowest BCUT2D eigenvalue weighted by atomic mass is 10.2. The number of rotatable bonds is 3. The highest BCUT2D eigenvalue weighted by molar-refractivity contribution is 9.10. The molecule has 5 heteroatoms. The van der Waals surface area contributed by atoms with Gasteiger partial charge in [0.15, 0.2) is 0 Å². The van der Waals surface area contributed by atoms with Gasteiger partial charge in [-0.3, -0.25) is 0 Å².